The summed E-state index contributed by atoms with van der Waals surface area (Å²) in [7, 11) is 0. The minimum absolute atomic E-state index is 0.363. The van der Waals surface area contributed by atoms with E-state index in [0.29, 0.717) is 18.4 Å². The molecule has 0 saturated carbocycles. The number of aldehydes is 1. The van der Waals surface area contributed by atoms with Crippen LogP contribution in [0.3, 0.4) is 0 Å². The van der Waals surface area contributed by atoms with Crippen molar-refractivity contribution in [1.29, 1.82) is 0 Å². The molecule has 0 N–H and O–H groups in total. The van der Waals surface area contributed by atoms with Crippen molar-refractivity contribution >= 4 is 23.0 Å². The minimum Gasteiger partial charge on any atom is -0.342 e. The quantitative estimate of drug-likeness (QED) is 0.309. The Hall–Kier alpha value is -2.94. The minimum atomic E-state index is -0.502. The lowest BCUT2D eigenvalue weighted by atomic mass is 10.0. The van der Waals surface area contributed by atoms with Crippen LogP contribution >= 0.6 is 0 Å². The van der Waals surface area contributed by atoms with Gasteiger partial charge >= 0.3 is 0 Å². The van der Waals surface area contributed by atoms with Gasteiger partial charge in [0.1, 0.15) is 0 Å². The number of carbonyl (C=O) groups excluding carboxylic acids is 2. The number of benzene rings is 2. The molecule has 0 unspecified atom stereocenters. The highest BCUT2D eigenvalue weighted by Gasteiger charge is 2.16. The molecule has 0 fully saturated rings. The normalized spacial score (nSPS) is 10.5. The zero-order valence-corrected chi connectivity index (χ0v) is 12.0. The Kier molecular flexibility index (Phi) is 3.71. The number of Topliss-reactive ketones (excluding diaryl/α,β-unsaturated/α-hetero) is 1. The number of aromatic nitrogens is 1. The van der Waals surface area contributed by atoms with Gasteiger partial charge in [-0.2, -0.15) is 0 Å². The molecular formula is C19H15NO2. The molecule has 0 radical (unpaired) electrons. The molecule has 3 aromatic rings. The van der Waals surface area contributed by atoms with Gasteiger partial charge in [-0.05, 0) is 5.56 Å². The SMILES string of the molecule is C=CCn1cc(C(=O)C=O)c2cccc(-c3ccccc3)c21. The van der Waals surface area contributed by atoms with E-state index in [1.54, 1.807) is 12.3 Å². The van der Waals surface area contributed by atoms with Gasteiger partial charge in [-0.25, -0.2) is 0 Å². The molecule has 22 heavy (non-hydrogen) atoms. The van der Waals surface area contributed by atoms with E-state index >= 15 is 0 Å². The lowest BCUT2D eigenvalue weighted by Crippen LogP contribution is -1.98. The summed E-state index contributed by atoms with van der Waals surface area (Å²) in [5.41, 5.74) is 3.48. The van der Waals surface area contributed by atoms with Gasteiger partial charge < -0.3 is 4.57 Å². The number of ketones is 1. The van der Waals surface area contributed by atoms with Crippen molar-refractivity contribution in [3.63, 3.8) is 0 Å². The molecule has 3 heteroatoms. The van der Waals surface area contributed by atoms with Crippen molar-refractivity contribution in [1.82, 2.24) is 4.57 Å². The lowest BCUT2D eigenvalue weighted by molar-refractivity contribution is -0.104. The zero-order chi connectivity index (χ0) is 15.5. The van der Waals surface area contributed by atoms with Crippen molar-refractivity contribution in [3.8, 4) is 11.1 Å². The smallest absolute Gasteiger partial charge is 0.227 e. The molecule has 0 amide bonds. The number of carbonyl (C=O) groups is 2. The molecule has 0 atom stereocenters. The average Bonchev–Trinajstić information content (AvgIpc) is 2.94. The van der Waals surface area contributed by atoms with Gasteiger partial charge in [-0.3, -0.25) is 9.59 Å². The molecule has 1 heterocycles. The molecular weight excluding hydrogens is 274 g/mol. The number of para-hydroxylation sites is 1. The largest absolute Gasteiger partial charge is 0.342 e. The Balaban J connectivity index is 2.35. The average molecular weight is 289 g/mol. The van der Waals surface area contributed by atoms with Crippen LogP contribution in [-0.2, 0) is 11.3 Å². The summed E-state index contributed by atoms with van der Waals surface area (Å²) in [5, 5.41) is 0.792. The first-order chi connectivity index (χ1) is 10.8. The van der Waals surface area contributed by atoms with Crippen molar-refractivity contribution in [3.05, 3.63) is 72.9 Å². The first-order valence-electron chi connectivity index (χ1n) is 7.04. The van der Waals surface area contributed by atoms with Crippen LogP contribution < -0.4 is 0 Å². The molecule has 1 aromatic heterocycles. The first kappa shape index (κ1) is 14.0. The highest BCUT2D eigenvalue weighted by atomic mass is 16.2. The molecule has 0 bridgehead atoms. The van der Waals surface area contributed by atoms with Gasteiger partial charge in [0, 0.05) is 23.7 Å². The predicted octanol–water partition coefficient (Wildman–Crippen LogP) is 3.88. The van der Waals surface area contributed by atoms with Crippen LogP contribution in [-0.4, -0.2) is 16.6 Å². The first-order valence-corrected chi connectivity index (χ1v) is 7.04. The maximum Gasteiger partial charge on any atom is 0.227 e. The second-order valence-electron chi connectivity index (χ2n) is 5.03. The van der Waals surface area contributed by atoms with Gasteiger partial charge in [-0.15, -0.1) is 6.58 Å². The third-order valence-corrected chi connectivity index (χ3v) is 3.68. The Bertz CT molecular complexity index is 860. The van der Waals surface area contributed by atoms with Crippen molar-refractivity contribution in [2.75, 3.05) is 0 Å². The highest BCUT2D eigenvalue weighted by molar-refractivity contribution is 6.36. The molecule has 0 aliphatic rings. The molecule has 3 rings (SSSR count). The summed E-state index contributed by atoms with van der Waals surface area (Å²) in [6.45, 7) is 4.34. The van der Waals surface area contributed by atoms with Crippen molar-refractivity contribution in [2.45, 2.75) is 6.54 Å². The van der Waals surface area contributed by atoms with Crippen LogP contribution in [0.25, 0.3) is 22.0 Å². The second-order valence-corrected chi connectivity index (χ2v) is 5.03. The number of hydrogen-bond acceptors (Lipinski definition) is 2. The van der Waals surface area contributed by atoms with Gasteiger partial charge in [-0.1, -0.05) is 54.6 Å². The zero-order valence-electron chi connectivity index (χ0n) is 12.0. The third kappa shape index (κ3) is 2.27. The van der Waals surface area contributed by atoms with Gasteiger partial charge in [0.05, 0.1) is 11.1 Å². The number of hydrogen-bond donors (Lipinski definition) is 0. The van der Waals surface area contributed by atoms with E-state index in [2.05, 4.69) is 6.58 Å². The summed E-state index contributed by atoms with van der Waals surface area (Å²) < 4.78 is 1.96. The van der Waals surface area contributed by atoms with E-state index in [9.17, 15) is 9.59 Å². The van der Waals surface area contributed by atoms with E-state index in [1.165, 1.54) is 0 Å². The molecule has 0 aliphatic heterocycles. The molecule has 0 spiro atoms. The summed E-state index contributed by atoms with van der Waals surface area (Å²) in [4.78, 5) is 22.8. The van der Waals surface area contributed by atoms with Gasteiger partial charge in [0.2, 0.25) is 5.78 Å². The van der Waals surface area contributed by atoms with Crippen LogP contribution in [0.4, 0.5) is 0 Å². The Morgan fingerprint density at radius 2 is 1.86 bits per heavy atom. The molecule has 108 valence electrons. The number of fused-ring (bicyclic) bond motifs is 1. The number of nitrogens with zero attached hydrogens (tertiary/aromatic N) is 1. The van der Waals surface area contributed by atoms with E-state index < -0.39 is 5.78 Å². The summed E-state index contributed by atoms with van der Waals surface area (Å²) in [6.07, 6.45) is 3.87. The van der Waals surface area contributed by atoms with Crippen LogP contribution in [0, 0.1) is 0 Å². The summed E-state index contributed by atoms with van der Waals surface area (Å²) >= 11 is 0. The fraction of sp³-hybridized carbons (Fsp3) is 0.0526. The van der Waals surface area contributed by atoms with Crippen molar-refractivity contribution < 1.29 is 9.59 Å². The van der Waals surface area contributed by atoms with Crippen LogP contribution in [0.5, 0.6) is 0 Å². The number of rotatable bonds is 5. The van der Waals surface area contributed by atoms with Crippen LogP contribution in [0.1, 0.15) is 10.4 Å². The Labute approximate surface area is 128 Å². The highest BCUT2D eigenvalue weighted by Crippen LogP contribution is 2.32. The second kappa shape index (κ2) is 5.82. The van der Waals surface area contributed by atoms with Crippen LogP contribution in [0.15, 0.2) is 67.4 Å². The predicted molar refractivity (Wildman–Crippen MR) is 88.0 cm³/mol. The maximum absolute atomic E-state index is 11.9. The fourth-order valence-corrected chi connectivity index (χ4v) is 2.75. The molecule has 0 aliphatic carbocycles. The monoisotopic (exact) mass is 289 g/mol. The maximum atomic E-state index is 11.9. The van der Waals surface area contributed by atoms with Crippen molar-refractivity contribution in [2.24, 2.45) is 0 Å². The fourth-order valence-electron chi connectivity index (χ4n) is 2.75. The Morgan fingerprint density at radius 3 is 2.55 bits per heavy atom. The van der Waals surface area contributed by atoms with E-state index in [0.717, 1.165) is 22.0 Å². The molecule has 3 nitrogen and oxygen atoms in total. The van der Waals surface area contributed by atoms with E-state index in [4.69, 9.17) is 0 Å². The van der Waals surface area contributed by atoms with E-state index in [1.807, 2.05) is 53.1 Å². The number of allylic oxidation sites excluding steroid dienone is 1. The van der Waals surface area contributed by atoms with Crippen LogP contribution in [0.2, 0.25) is 0 Å². The standard InChI is InChI=1S/C19H15NO2/c1-2-11-20-12-17(18(22)13-21)16-10-6-9-15(19(16)20)14-7-4-3-5-8-14/h2-10,12-13H,1,11H2. The van der Waals surface area contributed by atoms with Gasteiger partial charge in [0.15, 0.2) is 6.29 Å². The lowest BCUT2D eigenvalue weighted by Gasteiger charge is -2.08. The summed E-state index contributed by atoms with van der Waals surface area (Å²) in [6, 6.07) is 15.8. The molecule has 0 saturated heterocycles. The third-order valence-electron chi connectivity index (χ3n) is 3.68. The van der Waals surface area contributed by atoms with E-state index in [-0.39, 0.29) is 0 Å². The molecule has 2 aromatic carbocycles. The topological polar surface area (TPSA) is 39.1 Å². The Morgan fingerprint density at radius 1 is 1.09 bits per heavy atom. The summed E-state index contributed by atoms with van der Waals surface area (Å²) in [5.74, 6) is -0.502. The van der Waals surface area contributed by atoms with Gasteiger partial charge in [0.25, 0.3) is 0 Å².